The van der Waals surface area contributed by atoms with Crippen molar-refractivity contribution in [2.75, 3.05) is 10.6 Å². The van der Waals surface area contributed by atoms with Gasteiger partial charge in [0.1, 0.15) is 0 Å². The first-order valence-electron chi connectivity index (χ1n) is 8.09. The van der Waals surface area contributed by atoms with E-state index in [-0.39, 0.29) is 23.9 Å². The fraction of sp³-hybridized carbons (Fsp3) is 0.263. The molecule has 2 aromatic rings. The van der Waals surface area contributed by atoms with Gasteiger partial charge in [-0.15, -0.1) is 0 Å². The molecular weight excluding hydrogens is 382 g/mol. The van der Waals surface area contributed by atoms with E-state index in [4.69, 9.17) is 0 Å². The number of rotatable bonds is 5. The van der Waals surface area contributed by atoms with Crippen LogP contribution >= 0.6 is 15.9 Å². The first kappa shape index (κ1) is 19.0. The fourth-order valence-electron chi connectivity index (χ4n) is 2.15. The van der Waals surface area contributed by atoms with Gasteiger partial charge in [-0.25, -0.2) is 4.79 Å². The zero-order valence-corrected chi connectivity index (χ0v) is 16.1. The molecule has 3 N–H and O–H groups in total. The zero-order chi connectivity index (χ0) is 18.4. The Kier molecular flexibility index (Phi) is 6.58. The molecule has 0 bridgehead atoms. The minimum absolute atomic E-state index is 0.0405. The molecule has 2 rings (SSSR count). The Labute approximate surface area is 156 Å². The van der Waals surface area contributed by atoms with E-state index < -0.39 is 0 Å². The molecule has 0 aliphatic rings. The predicted octanol–water partition coefficient (Wildman–Crippen LogP) is 4.93. The van der Waals surface area contributed by atoms with Gasteiger partial charge in [0.05, 0.1) is 6.04 Å². The van der Waals surface area contributed by atoms with Crippen molar-refractivity contribution in [1.29, 1.82) is 0 Å². The molecule has 0 fully saturated rings. The number of halogens is 1. The van der Waals surface area contributed by atoms with E-state index in [1.165, 1.54) is 0 Å². The maximum absolute atomic E-state index is 12.1. The first-order chi connectivity index (χ1) is 11.8. The van der Waals surface area contributed by atoms with Gasteiger partial charge in [0.15, 0.2) is 0 Å². The highest BCUT2D eigenvalue weighted by molar-refractivity contribution is 9.10. The number of benzene rings is 2. The second kappa shape index (κ2) is 8.67. The molecule has 132 valence electrons. The molecule has 0 aliphatic carbocycles. The summed E-state index contributed by atoms with van der Waals surface area (Å²) >= 11 is 3.42. The largest absolute Gasteiger partial charge is 0.331 e. The van der Waals surface area contributed by atoms with E-state index in [1.807, 2.05) is 45.0 Å². The van der Waals surface area contributed by atoms with Gasteiger partial charge in [0, 0.05) is 21.8 Å². The highest BCUT2D eigenvalue weighted by Crippen LogP contribution is 2.18. The van der Waals surface area contributed by atoms with Gasteiger partial charge in [0.2, 0.25) is 5.91 Å². The van der Waals surface area contributed by atoms with Crippen molar-refractivity contribution in [2.45, 2.75) is 26.8 Å². The Morgan fingerprint density at radius 2 is 1.52 bits per heavy atom. The number of hydrogen-bond acceptors (Lipinski definition) is 2. The second-order valence-electron chi connectivity index (χ2n) is 6.10. The van der Waals surface area contributed by atoms with E-state index in [0.29, 0.717) is 11.4 Å². The van der Waals surface area contributed by atoms with Crippen LogP contribution in [0.1, 0.15) is 32.4 Å². The standard InChI is InChI=1S/C19H22BrN3O2/c1-12(2)18(24)22-16-7-9-17(10-8-16)23-19(25)21-13(3)14-5-4-6-15(20)11-14/h4-13H,1-3H3,(H,22,24)(H2,21,23,25)/t13-/m1/s1. The molecule has 3 amide bonds. The molecule has 0 radical (unpaired) electrons. The van der Waals surface area contributed by atoms with Crippen LogP contribution in [0.25, 0.3) is 0 Å². The monoisotopic (exact) mass is 403 g/mol. The van der Waals surface area contributed by atoms with E-state index in [2.05, 4.69) is 31.9 Å². The summed E-state index contributed by atoms with van der Waals surface area (Å²) in [5, 5.41) is 8.49. The van der Waals surface area contributed by atoms with E-state index in [0.717, 1.165) is 10.0 Å². The molecule has 0 heterocycles. The lowest BCUT2D eigenvalue weighted by Crippen LogP contribution is -2.31. The molecule has 6 heteroatoms. The lowest BCUT2D eigenvalue weighted by atomic mass is 10.1. The maximum Gasteiger partial charge on any atom is 0.319 e. The van der Waals surface area contributed by atoms with E-state index in [9.17, 15) is 9.59 Å². The summed E-state index contributed by atoms with van der Waals surface area (Å²) in [5.74, 6) is -0.121. The van der Waals surface area contributed by atoms with E-state index in [1.54, 1.807) is 24.3 Å². The molecule has 25 heavy (non-hydrogen) atoms. The third kappa shape index (κ3) is 5.90. The summed E-state index contributed by atoms with van der Waals surface area (Å²) in [6.45, 7) is 5.59. The quantitative estimate of drug-likeness (QED) is 0.662. The fourth-order valence-corrected chi connectivity index (χ4v) is 2.56. The molecule has 0 unspecified atom stereocenters. The summed E-state index contributed by atoms with van der Waals surface area (Å²) in [5.41, 5.74) is 2.37. The van der Waals surface area contributed by atoms with Crippen LogP contribution in [0.4, 0.5) is 16.2 Å². The average molecular weight is 404 g/mol. The van der Waals surface area contributed by atoms with Crippen LogP contribution in [0.3, 0.4) is 0 Å². The molecule has 0 aromatic heterocycles. The van der Waals surface area contributed by atoms with Crippen LogP contribution in [-0.2, 0) is 4.79 Å². The summed E-state index contributed by atoms with van der Waals surface area (Å²) in [6.07, 6.45) is 0. The number of carbonyl (C=O) groups is 2. The van der Waals surface area contributed by atoms with Crippen LogP contribution in [0.15, 0.2) is 53.0 Å². The van der Waals surface area contributed by atoms with Crippen LogP contribution in [0, 0.1) is 5.92 Å². The van der Waals surface area contributed by atoms with Crippen molar-refractivity contribution in [2.24, 2.45) is 5.92 Å². The maximum atomic E-state index is 12.1. The Balaban J connectivity index is 1.91. The number of carbonyl (C=O) groups excluding carboxylic acids is 2. The molecular formula is C19H22BrN3O2. The number of anilines is 2. The van der Waals surface area contributed by atoms with Gasteiger partial charge in [-0.2, -0.15) is 0 Å². The minimum Gasteiger partial charge on any atom is -0.331 e. The van der Waals surface area contributed by atoms with Crippen molar-refractivity contribution in [3.63, 3.8) is 0 Å². The van der Waals surface area contributed by atoms with Gasteiger partial charge in [-0.1, -0.05) is 41.9 Å². The predicted molar refractivity (Wildman–Crippen MR) is 105 cm³/mol. The Hall–Kier alpha value is -2.34. The smallest absolute Gasteiger partial charge is 0.319 e. The summed E-state index contributed by atoms with van der Waals surface area (Å²) in [6, 6.07) is 14.4. The number of amides is 3. The summed E-state index contributed by atoms with van der Waals surface area (Å²) in [7, 11) is 0. The van der Waals surface area contributed by atoms with Crippen molar-refractivity contribution in [3.05, 3.63) is 58.6 Å². The van der Waals surface area contributed by atoms with Gasteiger partial charge >= 0.3 is 6.03 Å². The van der Waals surface area contributed by atoms with Crippen LogP contribution < -0.4 is 16.0 Å². The SMILES string of the molecule is CC(C)C(=O)Nc1ccc(NC(=O)N[C@H](C)c2cccc(Br)c2)cc1. The lowest BCUT2D eigenvalue weighted by Gasteiger charge is -2.15. The van der Waals surface area contributed by atoms with Crippen LogP contribution in [-0.4, -0.2) is 11.9 Å². The summed E-state index contributed by atoms with van der Waals surface area (Å²) < 4.78 is 0.970. The van der Waals surface area contributed by atoms with Crippen LogP contribution in [0.2, 0.25) is 0 Å². The van der Waals surface area contributed by atoms with Gasteiger partial charge < -0.3 is 16.0 Å². The first-order valence-corrected chi connectivity index (χ1v) is 8.88. The highest BCUT2D eigenvalue weighted by Gasteiger charge is 2.10. The third-order valence-corrected chi connectivity index (χ3v) is 4.12. The molecule has 1 atom stereocenters. The summed E-state index contributed by atoms with van der Waals surface area (Å²) in [4.78, 5) is 23.8. The zero-order valence-electron chi connectivity index (χ0n) is 14.5. The minimum atomic E-state index is -0.286. The van der Waals surface area contributed by atoms with E-state index >= 15 is 0 Å². The molecule has 0 saturated heterocycles. The Morgan fingerprint density at radius 1 is 0.920 bits per heavy atom. The van der Waals surface area contributed by atoms with Crippen molar-refractivity contribution in [3.8, 4) is 0 Å². The van der Waals surface area contributed by atoms with Crippen LogP contribution in [0.5, 0.6) is 0 Å². The van der Waals surface area contributed by atoms with Crippen molar-refractivity contribution >= 4 is 39.2 Å². The molecule has 2 aromatic carbocycles. The Bertz CT molecular complexity index is 745. The lowest BCUT2D eigenvalue weighted by molar-refractivity contribution is -0.118. The van der Waals surface area contributed by atoms with Gasteiger partial charge in [-0.05, 0) is 48.9 Å². The second-order valence-corrected chi connectivity index (χ2v) is 7.01. The van der Waals surface area contributed by atoms with Crippen molar-refractivity contribution in [1.82, 2.24) is 5.32 Å². The molecule has 0 aliphatic heterocycles. The highest BCUT2D eigenvalue weighted by atomic mass is 79.9. The molecule has 5 nitrogen and oxygen atoms in total. The molecule has 0 spiro atoms. The number of hydrogen-bond donors (Lipinski definition) is 3. The third-order valence-electron chi connectivity index (χ3n) is 3.63. The normalized spacial score (nSPS) is 11.7. The Morgan fingerprint density at radius 3 is 2.08 bits per heavy atom. The van der Waals surface area contributed by atoms with Gasteiger partial charge in [0.25, 0.3) is 0 Å². The van der Waals surface area contributed by atoms with Crippen molar-refractivity contribution < 1.29 is 9.59 Å². The topological polar surface area (TPSA) is 70.2 Å². The number of urea groups is 1. The number of nitrogens with one attached hydrogen (secondary N) is 3. The molecule has 0 saturated carbocycles. The van der Waals surface area contributed by atoms with Gasteiger partial charge in [-0.3, -0.25) is 4.79 Å². The average Bonchev–Trinajstić information content (AvgIpc) is 2.56.